The molecule has 23 heavy (non-hydrogen) atoms. The quantitative estimate of drug-likeness (QED) is 0.652. The Morgan fingerprint density at radius 1 is 1.13 bits per heavy atom. The number of thiophene rings is 1. The van der Waals surface area contributed by atoms with Gasteiger partial charge in [0.25, 0.3) is 5.91 Å². The molecule has 6 heteroatoms. The maximum Gasteiger partial charge on any atom is 0.271 e. The number of nitrogens with one attached hydrogen (secondary N) is 2. The zero-order valence-corrected chi connectivity index (χ0v) is 14.1. The van der Waals surface area contributed by atoms with Crippen LogP contribution in [0.3, 0.4) is 0 Å². The lowest BCUT2D eigenvalue weighted by atomic mass is 10.1. The normalized spacial score (nSPS) is 11.0. The van der Waals surface area contributed by atoms with Gasteiger partial charge in [0, 0.05) is 26.9 Å². The third kappa shape index (κ3) is 5.03. The molecule has 0 saturated carbocycles. The van der Waals surface area contributed by atoms with E-state index in [1.54, 1.807) is 41.8 Å². The van der Waals surface area contributed by atoms with E-state index in [-0.39, 0.29) is 17.7 Å². The second-order valence-corrected chi connectivity index (χ2v) is 6.69. The van der Waals surface area contributed by atoms with Crippen molar-refractivity contribution >= 4 is 35.1 Å². The van der Waals surface area contributed by atoms with E-state index >= 15 is 0 Å². The van der Waals surface area contributed by atoms with Crippen molar-refractivity contribution in [2.45, 2.75) is 20.8 Å². The fourth-order valence-electron chi connectivity index (χ4n) is 1.73. The maximum absolute atomic E-state index is 12.0. The lowest BCUT2D eigenvalue weighted by Crippen LogP contribution is -2.19. The largest absolute Gasteiger partial charge is 0.326 e. The first-order valence-electron chi connectivity index (χ1n) is 7.26. The average molecular weight is 329 g/mol. The topological polar surface area (TPSA) is 70.6 Å². The Morgan fingerprint density at radius 3 is 2.39 bits per heavy atom. The number of carbonyl (C=O) groups is 2. The third-order valence-electron chi connectivity index (χ3n) is 3.06. The van der Waals surface area contributed by atoms with Crippen molar-refractivity contribution in [3.05, 3.63) is 51.7 Å². The minimum absolute atomic E-state index is 0.0574. The Morgan fingerprint density at radius 2 is 1.83 bits per heavy atom. The van der Waals surface area contributed by atoms with Crippen LogP contribution in [0, 0.1) is 12.8 Å². The fourth-order valence-corrected chi connectivity index (χ4v) is 2.48. The number of hydrogen-bond donors (Lipinski definition) is 2. The van der Waals surface area contributed by atoms with Gasteiger partial charge < -0.3 is 5.32 Å². The van der Waals surface area contributed by atoms with Crippen molar-refractivity contribution < 1.29 is 9.59 Å². The van der Waals surface area contributed by atoms with Crippen LogP contribution in [0.4, 0.5) is 5.69 Å². The highest BCUT2D eigenvalue weighted by Crippen LogP contribution is 2.13. The molecule has 2 aromatic rings. The minimum Gasteiger partial charge on any atom is -0.326 e. The van der Waals surface area contributed by atoms with Gasteiger partial charge in [-0.2, -0.15) is 5.10 Å². The van der Waals surface area contributed by atoms with Gasteiger partial charge >= 0.3 is 0 Å². The molecule has 1 heterocycles. The summed E-state index contributed by atoms with van der Waals surface area (Å²) >= 11 is 1.60. The molecule has 2 rings (SSSR count). The Bertz CT molecular complexity index is 718. The molecule has 0 saturated heterocycles. The Balaban J connectivity index is 1.92. The van der Waals surface area contributed by atoms with Gasteiger partial charge in [-0.25, -0.2) is 5.43 Å². The van der Waals surface area contributed by atoms with Gasteiger partial charge in [0.2, 0.25) is 5.91 Å². The van der Waals surface area contributed by atoms with E-state index in [4.69, 9.17) is 0 Å². The molecule has 0 spiro atoms. The van der Waals surface area contributed by atoms with Gasteiger partial charge in [0.1, 0.15) is 0 Å². The zero-order chi connectivity index (χ0) is 16.8. The summed E-state index contributed by atoms with van der Waals surface area (Å²) in [6.45, 7) is 5.66. The molecular weight excluding hydrogens is 310 g/mol. The molecule has 5 nitrogen and oxygen atoms in total. The van der Waals surface area contributed by atoms with E-state index in [1.807, 2.05) is 32.9 Å². The molecular formula is C17H19N3O2S. The number of anilines is 1. The number of hydrogen-bond acceptors (Lipinski definition) is 4. The number of rotatable bonds is 5. The molecule has 1 aromatic heterocycles. The van der Waals surface area contributed by atoms with Gasteiger partial charge in [0.15, 0.2) is 0 Å². The smallest absolute Gasteiger partial charge is 0.271 e. The summed E-state index contributed by atoms with van der Waals surface area (Å²) in [7, 11) is 0. The van der Waals surface area contributed by atoms with Crippen LogP contribution in [-0.4, -0.2) is 18.0 Å². The first-order valence-corrected chi connectivity index (χ1v) is 8.08. The van der Waals surface area contributed by atoms with Crippen LogP contribution < -0.4 is 10.7 Å². The van der Waals surface area contributed by atoms with Gasteiger partial charge in [-0.15, -0.1) is 11.3 Å². The number of nitrogens with zero attached hydrogens (tertiary/aromatic N) is 1. The van der Waals surface area contributed by atoms with Gasteiger partial charge in [-0.05, 0) is 43.3 Å². The molecule has 2 N–H and O–H groups in total. The summed E-state index contributed by atoms with van der Waals surface area (Å²) in [6, 6.07) is 10.6. The predicted octanol–water partition coefficient (Wildman–Crippen LogP) is 3.41. The second kappa shape index (κ2) is 7.69. The molecule has 0 bridgehead atoms. The number of carbonyl (C=O) groups excluding carboxylic acids is 2. The molecule has 0 fully saturated rings. The van der Waals surface area contributed by atoms with E-state index in [0.29, 0.717) is 11.3 Å². The van der Waals surface area contributed by atoms with Crippen LogP contribution in [0.5, 0.6) is 0 Å². The van der Waals surface area contributed by atoms with Crippen molar-refractivity contribution in [3.63, 3.8) is 0 Å². The molecule has 120 valence electrons. The van der Waals surface area contributed by atoms with E-state index in [2.05, 4.69) is 15.8 Å². The van der Waals surface area contributed by atoms with Crippen LogP contribution in [-0.2, 0) is 4.79 Å². The average Bonchev–Trinajstić information content (AvgIpc) is 2.93. The van der Waals surface area contributed by atoms with Gasteiger partial charge in [-0.1, -0.05) is 13.8 Å². The molecule has 0 radical (unpaired) electrons. The Labute approximate surface area is 139 Å². The summed E-state index contributed by atoms with van der Waals surface area (Å²) in [5.41, 5.74) is 3.63. The highest BCUT2D eigenvalue weighted by Gasteiger charge is 2.08. The number of amides is 2. The highest BCUT2D eigenvalue weighted by molar-refractivity contribution is 7.13. The van der Waals surface area contributed by atoms with E-state index in [0.717, 1.165) is 4.88 Å². The zero-order valence-electron chi connectivity index (χ0n) is 13.3. The predicted molar refractivity (Wildman–Crippen MR) is 94.0 cm³/mol. The molecule has 0 aliphatic rings. The van der Waals surface area contributed by atoms with Gasteiger partial charge in [-0.3, -0.25) is 9.59 Å². The van der Waals surface area contributed by atoms with Crippen LogP contribution in [0.2, 0.25) is 0 Å². The number of benzene rings is 1. The second-order valence-electron chi connectivity index (χ2n) is 5.37. The highest BCUT2D eigenvalue weighted by atomic mass is 32.1. The summed E-state index contributed by atoms with van der Waals surface area (Å²) in [5.74, 6) is -0.442. The monoisotopic (exact) mass is 329 g/mol. The van der Waals surface area contributed by atoms with Crippen LogP contribution in [0.25, 0.3) is 0 Å². The lowest BCUT2D eigenvalue weighted by molar-refractivity contribution is -0.118. The molecule has 0 atom stereocenters. The molecule has 0 aliphatic heterocycles. The maximum atomic E-state index is 12.0. The van der Waals surface area contributed by atoms with Crippen molar-refractivity contribution in [3.8, 4) is 0 Å². The first-order chi connectivity index (χ1) is 11.0. The van der Waals surface area contributed by atoms with E-state index in [1.165, 1.54) is 4.88 Å². The molecule has 0 unspecified atom stereocenters. The summed E-state index contributed by atoms with van der Waals surface area (Å²) in [4.78, 5) is 25.7. The molecule has 1 aromatic carbocycles. The van der Waals surface area contributed by atoms with Crippen molar-refractivity contribution in [1.29, 1.82) is 0 Å². The molecule has 0 aliphatic carbocycles. The summed E-state index contributed by atoms with van der Waals surface area (Å²) < 4.78 is 0. The minimum atomic E-state index is -0.295. The van der Waals surface area contributed by atoms with Crippen molar-refractivity contribution in [1.82, 2.24) is 5.43 Å². The third-order valence-corrected chi connectivity index (χ3v) is 3.99. The summed E-state index contributed by atoms with van der Waals surface area (Å²) in [5, 5.41) is 6.72. The standard InChI is InChI=1S/C17H19N3O2S/c1-11(2)16(21)19-14-7-5-13(6-8-14)17(22)20-18-10-15-9-4-12(3)23-15/h4-11H,1-3H3,(H,19,21)(H,20,22). The number of hydrazone groups is 1. The fraction of sp³-hybridized carbons (Fsp3) is 0.235. The van der Waals surface area contributed by atoms with E-state index < -0.39 is 0 Å². The first kappa shape index (κ1) is 16.9. The van der Waals surface area contributed by atoms with Gasteiger partial charge in [0.05, 0.1) is 6.21 Å². The van der Waals surface area contributed by atoms with Crippen molar-refractivity contribution in [2.24, 2.45) is 11.0 Å². The van der Waals surface area contributed by atoms with Crippen LogP contribution in [0.15, 0.2) is 41.5 Å². The van der Waals surface area contributed by atoms with Crippen molar-refractivity contribution in [2.75, 3.05) is 5.32 Å². The van der Waals surface area contributed by atoms with E-state index in [9.17, 15) is 9.59 Å². The summed E-state index contributed by atoms with van der Waals surface area (Å²) in [6.07, 6.45) is 1.62. The molecule has 2 amide bonds. The van der Waals surface area contributed by atoms with Crippen LogP contribution in [0.1, 0.15) is 34.0 Å². The Kier molecular flexibility index (Phi) is 5.65. The number of aryl methyl sites for hydroxylation is 1. The SMILES string of the molecule is Cc1ccc(C=NNC(=O)c2ccc(NC(=O)C(C)C)cc2)s1. The Hall–Kier alpha value is -2.47. The lowest BCUT2D eigenvalue weighted by Gasteiger charge is -2.08. The van der Waals surface area contributed by atoms with Crippen LogP contribution >= 0.6 is 11.3 Å².